The standard InChI is InChI=1S/C13H21FN2O3S/c1-3-10(4-5-17)8-16-20(18,19)13-7-11(15)6-12(14)9(13)2/h6-7,10,16-17H,3-5,8,15H2,1-2H3. The fraction of sp³-hybridized carbons (Fsp3) is 0.538. The van der Waals surface area contributed by atoms with Gasteiger partial charge in [-0.2, -0.15) is 0 Å². The molecule has 0 aliphatic carbocycles. The van der Waals surface area contributed by atoms with E-state index in [9.17, 15) is 12.8 Å². The number of nitrogen functional groups attached to an aromatic ring is 1. The topological polar surface area (TPSA) is 92.4 Å². The second-order valence-electron chi connectivity index (χ2n) is 4.76. The molecule has 1 aromatic carbocycles. The van der Waals surface area contributed by atoms with Gasteiger partial charge in [0.05, 0.1) is 4.90 Å². The van der Waals surface area contributed by atoms with Crippen molar-refractivity contribution in [2.75, 3.05) is 18.9 Å². The highest BCUT2D eigenvalue weighted by atomic mass is 32.2. The van der Waals surface area contributed by atoms with Gasteiger partial charge in [-0.3, -0.25) is 0 Å². The van der Waals surface area contributed by atoms with Crippen LogP contribution in [0.2, 0.25) is 0 Å². The van der Waals surface area contributed by atoms with Crippen molar-refractivity contribution in [3.05, 3.63) is 23.5 Å². The van der Waals surface area contributed by atoms with Gasteiger partial charge in [-0.15, -0.1) is 0 Å². The van der Waals surface area contributed by atoms with Gasteiger partial charge in [0, 0.05) is 24.4 Å². The first kappa shape index (κ1) is 16.9. The van der Waals surface area contributed by atoms with E-state index in [1.54, 1.807) is 0 Å². The first-order valence-electron chi connectivity index (χ1n) is 6.48. The minimum Gasteiger partial charge on any atom is -0.399 e. The van der Waals surface area contributed by atoms with Gasteiger partial charge in [-0.05, 0) is 31.4 Å². The van der Waals surface area contributed by atoms with Gasteiger partial charge < -0.3 is 10.8 Å². The molecule has 0 aliphatic rings. The Morgan fingerprint density at radius 1 is 1.45 bits per heavy atom. The van der Waals surface area contributed by atoms with Crippen molar-refractivity contribution in [2.45, 2.75) is 31.6 Å². The fourth-order valence-electron chi connectivity index (χ4n) is 1.89. The lowest BCUT2D eigenvalue weighted by Gasteiger charge is -2.16. The molecule has 5 nitrogen and oxygen atoms in total. The van der Waals surface area contributed by atoms with Gasteiger partial charge in [-0.1, -0.05) is 13.3 Å². The lowest BCUT2D eigenvalue weighted by atomic mass is 10.0. The van der Waals surface area contributed by atoms with Crippen molar-refractivity contribution < 1.29 is 17.9 Å². The van der Waals surface area contributed by atoms with Crippen LogP contribution in [0.15, 0.2) is 17.0 Å². The number of sulfonamides is 1. The van der Waals surface area contributed by atoms with E-state index >= 15 is 0 Å². The van der Waals surface area contributed by atoms with E-state index in [0.29, 0.717) is 6.42 Å². The fourth-order valence-corrected chi connectivity index (χ4v) is 3.29. The van der Waals surface area contributed by atoms with Crippen LogP contribution in [0.5, 0.6) is 0 Å². The summed E-state index contributed by atoms with van der Waals surface area (Å²) in [6, 6.07) is 2.34. The molecule has 0 amide bonds. The number of anilines is 1. The third-order valence-electron chi connectivity index (χ3n) is 3.29. The molecule has 0 saturated heterocycles. The van der Waals surface area contributed by atoms with Crippen molar-refractivity contribution in [1.29, 1.82) is 0 Å². The molecule has 0 spiro atoms. The van der Waals surface area contributed by atoms with Crippen LogP contribution >= 0.6 is 0 Å². The van der Waals surface area contributed by atoms with E-state index < -0.39 is 15.8 Å². The highest BCUT2D eigenvalue weighted by Gasteiger charge is 2.20. The Balaban J connectivity index is 2.94. The first-order valence-corrected chi connectivity index (χ1v) is 7.96. The van der Waals surface area contributed by atoms with Crippen LogP contribution in [-0.2, 0) is 10.0 Å². The Labute approximate surface area is 119 Å². The molecule has 1 atom stereocenters. The Morgan fingerprint density at radius 3 is 2.65 bits per heavy atom. The highest BCUT2D eigenvalue weighted by Crippen LogP contribution is 2.22. The maximum absolute atomic E-state index is 13.6. The second kappa shape index (κ2) is 7.01. The Hall–Kier alpha value is -1.18. The highest BCUT2D eigenvalue weighted by molar-refractivity contribution is 7.89. The Morgan fingerprint density at radius 2 is 2.10 bits per heavy atom. The van der Waals surface area contributed by atoms with Crippen molar-refractivity contribution in [3.8, 4) is 0 Å². The molecule has 1 aromatic rings. The zero-order valence-electron chi connectivity index (χ0n) is 11.7. The minimum absolute atomic E-state index is 0.00613. The van der Waals surface area contributed by atoms with Gasteiger partial charge >= 0.3 is 0 Å². The van der Waals surface area contributed by atoms with Gasteiger partial charge in [-0.25, -0.2) is 17.5 Å². The normalized spacial score (nSPS) is 13.4. The average Bonchev–Trinajstić information content (AvgIpc) is 2.38. The van der Waals surface area contributed by atoms with Gasteiger partial charge in [0.1, 0.15) is 5.82 Å². The summed E-state index contributed by atoms with van der Waals surface area (Å²) in [6.07, 6.45) is 1.26. The number of nitrogens with one attached hydrogen (secondary N) is 1. The molecule has 0 radical (unpaired) electrons. The van der Waals surface area contributed by atoms with Gasteiger partial charge in [0.15, 0.2) is 0 Å². The van der Waals surface area contributed by atoms with Gasteiger partial charge in [0.2, 0.25) is 10.0 Å². The monoisotopic (exact) mass is 304 g/mol. The number of aliphatic hydroxyl groups excluding tert-OH is 1. The van der Waals surface area contributed by atoms with Crippen LogP contribution in [0, 0.1) is 18.7 Å². The summed E-state index contributed by atoms with van der Waals surface area (Å²) in [5, 5.41) is 8.89. The smallest absolute Gasteiger partial charge is 0.241 e. The molecule has 114 valence electrons. The maximum atomic E-state index is 13.6. The largest absolute Gasteiger partial charge is 0.399 e. The SMILES string of the molecule is CCC(CCO)CNS(=O)(=O)c1cc(N)cc(F)c1C. The van der Waals surface area contributed by atoms with Crippen LogP contribution in [0.4, 0.5) is 10.1 Å². The quantitative estimate of drug-likeness (QED) is 0.664. The van der Waals surface area contributed by atoms with E-state index in [1.165, 1.54) is 13.0 Å². The number of nitrogens with two attached hydrogens (primary N) is 1. The molecule has 20 heavy (non-hydrogen) atoms. The summed E-state index contributed by atoms with van der Waals surface area (Å²) < 4.78 is 40.4. The second-order valence-corrected chi connectivity index (χ2v) is 6.50. The number of aliphatic hydroxyl groups is 1. The van der Waals surface area contributed by atoms with Gasteiger partial charge in [0.25, 0.3) is 0 Å². The number of benzene rings is 1. The van der Waals surface area contributed by atoms with Crippen molar-refractivity contribution in [1.82, 2.24) is 4.72 Å². The molecule has 0 saturated carbocycles. The van der Waals surface area contributed by atoms with Crippen LogP contribution < -0.4 is 10.5 Å². The molecule has 0 aliphatic heterocycles. The number of hydrogen-bond donors (Lipinski definition) is 3. The summed E-state index contributed by atoms with van der Waals surface area (Å²) in [5.41, 5.74) is 5.60. The third kappa shape index (κ3) is 4.16. The van der Waals surface area contributed by atoms with E-state index in [-0.39, 0.29) is 35.2 Å². The third-order valence-corrected chi connectivity index (χ3v) is 4.84. The molecule has 0 aromatic heterocycles. The summed E-state index contributed by atoms with van der Waals surface area (Å²) in [5.74, 6) is -0.603. The van der Waals surface area contributed by atoms with E-state index in [4.69, 9.17) is 10.8 Å². The molecule has 4 N–H and O–H groups in total. The lowest BCUT2D eigenvalue weighted by Crippen LogP contribution is -2.30. The average molecular weight is 304 g/mol. The van der Waals surface area contributed by atoms with Crippen LogP contribution in [0.25, 0.3) is 0 Å². The lowest BCUT2D eigenvalue weighted by molar-refractivity contribution is 0.254. The molecular weight excluding hydrogens is 283 g/mol. The summed E-state index contributed by atoms with van der Waals surface area (Å²) in [4.78, 5) is -0.145. The van der Waals surface area contributed by atoms with Crippen molar-refractivity contribution >= 4 is 15.7 Å². The first-order chi connectivity index (χ1) is 9.31. The van der Waals surface area contributed by atoms with Crippen LogP contribution in [-0.4, -0.2) is 26.7 Å². The number of halogens is 1. The Kier molecular flexibility index (Phi) is 5.91. The van der Waals surface area contributed by atoms with Crippen LogP contribution in [0.3, 0.4) is 0 Å². The van der Waals surface area contributed by atoms with Crippen molar-refractivity contribution in [2.24, 2.45) is 5.92 Å². The maximum Gasteiger partial charge on any atom is 0.241 e. The number of rotatable bonds is 7. The summed E-state index contributed by atoms with van der Waals surface area (Å²) in [6.45, 7) is 3.52. The predicted octanol–water partition coefficient (Wildman–Crippen LogP) is 1.40. The number of hydrogen-bond acceptors (Lipinski definition) is 4. The summed E-state index contributed by atoms with van der Waals surface area (Å²) in [7, 11) is -3.81. The Bertz CT molecular complexity index is 561. The molecule has 7 heteroatoms. The van der Waals surface area contributed by atoms with Crippen molar-refractivity contribution in [3.63, 3.8) is 0 Å². The van der Waals surface area contributed by atoms with Crippen LogP contribution in [0.1, 0.15) is 25.3 Å². The summed E-state index contributed by atoms with van der Waals surface area (Å²) >= 11 is 0. The zero-order chi connectivity index (χ0) is 15.3. The van der Waals surface area contributed by atoms with E-state index in [1.807, 2.05) is 6.92 Å². The predicted molar refractivity (Wildman–Crippen MR) is 76.2 cm³/mol. The molecule has 1 rings (SSSR count). The molecule has 0 bridgehead atoms. The molecule has 0 heterocycles. The molecule has 0 fully saturated rings. The zero-order valence-corrected chi connectivity index (χ0v) is 12.5. The molecular formula is C13H21FN2O3S. The van der Waals surface area contributed by atoms with E-state index in [0.717, 1.165) is 12.5 Å². The van der Waals surface area contributed by atoms with E-state index in [2.05, 4.69) is 4.72 Å². The molecule has 1 unspecified atom stereocenters. The minimum atomic E-state index is -3.81.